The van der Waals surface area contributed by atoms with Crippen LogP contribution < -0.4 is 10.1 Å². The van der Waals surface area contributed by atoms with Crippen LogP contribution in [0.1, 0.15) is 54.7 Å². The Morgan fingerprint density at radius 2 is 1.74 bits per heavy atom. The lowest BCUT2D eigenvalue weighted by molar-refractivity contribution is 0.102. The summed E-state index contributed by atoms with van der Waals surface area (Å²) in [6.07, 6.45) is 7.29. The molecule has 7 nitrogen and oxygen atoms in total. The maximum atomic E-state index is 12.8. The van der Waals surface area contributed by atoms with Gasteiger partial charge in [-0.05, 0) is 47.7 Å². The van der Waals surface area contributed by atoms with Gasteiger partial charge in [-0.25, -0.2) is 0 Å². The van der Waals surface area contributed by atoms with Crippen molar-refractivity contribution < 1.29 is 9.53 Å². The number of rotatable bonds is 8. The number of nitrogens with zero attached hydrogens (tertiary/aromatic N) is 4. The zero-order chi connectivity index (χ0) is 24.1. The third-order valence-electron chi connectivity index (χ3n) is 5.56. The second-order valence-corrected chi connectivity index (χ2v) is 9.35. The number of carbonyl (C=O) groups excluding carboxylic acids is 1. The Balaban J connectivity index is 1.34. The van der Waals surface area contributed by atoms with Crippen molar-refractivity contribution in [3.05, 3.63) is 95.6 Å². The zero-order valence-corrected chi connectivity index (χ0v) is 20.2. The lowest BCUT2D eigenvalue weighted by Crippen LogP contribution is -2.12. The van der Waals surface area contributed by atoms with Crippen molar-refractivity contribution in [1.29, 1.82) is 0 Å². The standard InChI is InChI=1S/C27H31N5O2/c1-5-31-16-21(14-28-31)17-32-18-24(15-29-32)30-26(33)22-8-6-7-20(13-22)19-34-25-11-9-23(10-12-25)27(2,3)4/h6-16,18H,5,17,19H2,1-4H3,(H,30,33). The van der Waals surface area contributed by atoms with E-state index in [1.165, 1.54) is 5.56 Å². The van der Waals surface area contributed by atoms with Crippen molar-refractivity contribution in [1.82, 2.24) is 19.6 Å². The largest absolute Gasteiger partial charge is 0.489 e. The molecule has 34 heavy (non-hydrogen) atoms. The van der Waals surface area contributed by atoms with Gasteiger partial charge in [-0.2, -0.15) is 10.2 Å². The molecule has 176 valence electrons. The molecule has 0 aliphatic carbocycles. The third-order valence-corrected chi connectivity index (χ3v) is 5.56. The maximum absolute atomic E-state index is 12.8. The highest BCUT2D eigenvalue weighted by Crippen LogP contribution is 2.24. The summed E-state index contributed by atoms with van der Waals surface area (Å²) in [6.45, 7) is 10.4. The molecule has 1 amide bonds. The van der Waals surface area contributed by atoms with Crippen molar-refractivity contribution in [2.45, 2.75) is 52.8 Å². The molecule has 0 aliphatic rings. The van der Waals surface area contributed by atoms with Gasteiger partial charge in [-0.15, -0.1) is 0 Å². The summed E-state index contributed by atoms with van der Waals surface area (Å²) < 4.78 is 9.58. The average Bonchev–Trinajstić information content (AvgIpc) is 3.47. The first-order valence-corrected chi connectivity index (χ1v) is 11.5. The molecule has 0 fully saturated rings. The number of aryl methyl sites for hydroxylation is 1. The Labute approximate surface area is 200 Å². The second kappa shape index (κ2) is 9.95. The van der Waals surface area contributed by atoms with Crippen molar-refractivity contribution in [2.24, 2.45) is 0 Å². The number of anilines is 1. The highest BCUT2D eigenvalue weighted by molar-refractivity contribution is 6.04. The van der Waals surface area contributed by atoms with Crippen molar-refractivity contribution in [3.63, 3.8) is 0 Å². The molecule has 0 bridgehead atoms. The van der Waals surface area contributed by atoms with Crippen LogP contribution in [-0.4, -0.2) is 25.5 Å². The first kappa shape index (κ1) is 23.3. The van der Waals surface area contributed by atoms with E-state index in [1.54, 1.807) is 16.9 Å². The van der Waals surface area contributed by atoms with E-state index in [2.05, 4.69) is 48.4 Å². The Morgan fingerprint density at radius 1 is 0.971 bits per heavy atom. The van der Waals surface area contributed by atoms with Gasteiger partial charge >= 0.3 is 0 Å². The second-order valence-electron chi connectivity index (χ2n) is 9.35. The van der Waals surface area contributed by atoms with Gasteiger partial charge in [-0.3, -0.25) is 14.2 Å². The minimum atomic E-state index is -0.185. The highest BCUT2D eigenvalue weighted by atomic mass is 16.5. The maximum Gasteiger partial charge on any atom is 0.255 e. The Morgan fingerprint density at radius 3 is 2.44 bits per heavy atom. The SMILES string of the molecule is CCn1cc(Cn2cc(NC(=O)c3cccc(COc4ccc(C(C)(C)C)cc4)c3)cn2)cn1. The van der Waals surface area contributed by atoms with Gasteiger partial charge in [0.05, 0.1) is 24.6 Å². The molecule has 0 spiro atoms. The van der Waals surface area contributed by atoms with Crippen molar-refractivity contribution >= 4 is 11.6 Å². The summed E-state index contributed by atoms with van der Waals surface area (Å²) in [5, 5.41) is 11.5. The Hall–Kier alpha value is -3.87. The molecular weight excluding hydrogens is 426 g/mol. The first-order valence-electron chi connectivity index (χ1n) is 11.5. The molecule has 1 N–H and O–H groups in total. The van der Waals surface area contributed by atoms with Crippen LogP contribution in [0.15, 0.2) is 73.3 Å². The predicted octanol–water partition coefficient (Wildman–Crippen LogP) is 5.28. The van der Waals surface area contributed by atoms with Crippen LogP contribution in [0, 0.1) is 0 Å². The van der Waals surface area contributed by atoms with Crippen LogP contribution in [0.5, 0.6) is 5.75 Å². The van der Waals surface area contributed by atoms with Gasteiger partial charge in [0.1, 0.15) is 12.4 Å². The molecule has 7 heteroatoms. The number of aromatic nitrogens is 4. The molecule has 4 aromatic rings. The number of benzene rings is 2. The average molecular weight is 458 g/mol. The molecule has 0 saturated heterocycles. The van der Waals surface area contributed by atoms with Gasteiger partial charge < -0.3 is 10.1 Å². The molecule has 0 radical (unpaired) electrons. The van der Waals surface area contributed by atoms with Crippen LogP contribution in [0.3, 0.4) is 0 Å². The summed E-state index contributed by atoms with van der Waals surface area (Å²) >= 11 is 0. The minimum absolute atomic E-state index is 0.106. The number of hydrogen-bond donors (Lipinski definition) is 1. The van der Waals surface area contributed by atoms with Crippen LogP contribution in [0.4, 0.5) is 5.69 Å². The molecule has 2 aromatic heterocycles. The highest BCUT2D eigenvalue weighted by Gasteiger charge is 2.13. The minimum Gasteiger partial charge on any atom is -0.489 e. The topological polar surface area (TPSA) is 74.0 Å². The van der Waals surface area contributed by atoms with Gasteiger partial charge in [0.25, 0.3) is 5.91 Å². The summed E-state index contributed by atoms with van der Waals surface area (Å²) in [4.78, 5) is 12.8. The van der Waals surface area contributed by atoms with E-state index in [1.807, 2.05) is 60.5 Å². The molecule has 2 heterocycles. The predicted molar refractivity (Wildman–Crippen MR) is 133 cm³/mol. The van der Waals surface area contributed by atoms with Gasteiger partial charge in [0.15, 0.2) is 0 Å². The zero-order valence-electron chi connectivity index (χ0n) is 20.2. The monoisotopic (exact) mass is 457 g/mol. The lowest BCUT2D eigenvalue weighted by atomic mass is 9.87. The third kappa shape index (κ3) is 5.92. The van der Waals surface area contributed by atoms with Crippen molar-refractivity contribution in [2.75, 3.05) is 5.32 Å². The van der Waals surface area contributed by atoms with Crippen LogP contribution in [0.25, 0.3) is 0 Å². The Bertz CT molecular complexity index is 1250. The fraction of sp³-hybridized carbons (Fsp3) is 0.296. The number of ether oxygens (including phenoxy) is 1. The van der Waals surface area contributed by atoms with Gasteiger partial charge in [0, 0.05) is 30.1 Å². The summed E-state index contributed by atoms with van der Waals surface area (Å²) in [7, 11) is 0. The number of nitrogens with one attached hydrogen (secondary N) is 1. The van der Waals surface area contributed by atoms with Crippen LogP contribution in [-0.2, 0) is 25.1 Å². The fourth-order valence-electron chi connectivity index (χ4n) is 3.59. The normalized spacial score (nSPS) is 11.4. The van der Waals surface area contributed by atoms with Crippen LogP contribution >= 0.6 is 0 Å². The number of hydrogen-bond acceptors (Lipinski definition) is 4. The summed E-state index contributed by atoms with van der Waals surface area (Å²) in [6, 6.07) is 15.6. The van der Waals surface area contributed by atoms with Crippen LogP contribution in [0.2, 0.25) is 0 Å². The lowest BCUT2D eigenvalue weighted by Gasteiger charge is -2.19. The van der Waals surface area contributed by atoms with E-state index in [0.717, 1.165) is 23.4 Å². The van der Waals surface area contributed by atoms with E-state index in [9.17, 15) is 4.79 Å². The molecular formula is C27H31N5O2. The Kier molecular flexibility index (Phi) is 6.82. The smallest absolute Gasteiger partial charge is 0.255 e. The summed E-state index contributed by atoms with van der Waals surface area (Å²) in [5.41, 5.74) is 4.57. The molecule has 0 atom stereocenters. The molecule has 2 aromatic carbocycles. The molecule has 4 rings (SSSR count). The summed E-state index contributed by atoms with van der Waals surface area (Å²) in [5.74, 6) is 0.620. The van der Waals surface area contributed by atoms with E-state index < -0.39 is 0 Å². The van der Waals surface area contributed by atoms with E-state index >= 15 is 0 Å². The molecule has 0 aliphatic heterocycles. The van der Waals surface area contributed by atoms with Gasteiger partial charge in [0.2, 0.25) is 0 Å². The molecule has 0 unspecified atom stereocenters. The number of carbonyl (C=O) groups is 1. The number of amides is 1. The quantitative estimate of drug-likeness (QED) is 0.391. The van der Waals surface area contributed by atoms with E-state index in [-0.39, 0.29) is 11.3 Å². The van der Waals surface area contributed by atoms with E-state index in [0.29, 0.717) is 24.4 Å². The van der Waals surface area contributed by atoms with Gasteiger partial charge in [-0.1, -0.05) is 45.0 Å². The van der Waals surface area contributed by atoms with Crippen molar-refractivity contribution in [3.8, 4) is 5.75 Å². The molecule has 0 saturated carbocycles. The first-order chi connectivity index (χ1) is 16.3. The fourth-order valence-corrected chi connectivity index (χ4v) is 3.59. The van der Waals surface area contributed by atoms with E-state index in [4.69, 9.17) is 4.74 Å².